The molecule has 0 atom stereocenters. The second-order valence-electron chi connectivity index (χ2n) is 6.12. The van der Waals surface area contributed by atoms with Crippen LogP contribution in [0.3, 0.4) is 0 Å². The van der Waals surface area contributed by atoms with Crippen molar-refractivity contribution in [3.63, 3.8) is 0 Å². The van der Waals surface area contributed by atoms with Gasteiger partial charge in [-0.05, 0) is 44.9 Å². The fourth-order valence-electron chi connectivity index (χ4n) is 2.84. The molecule has 0 unspecified atom stereocenters. The monoisotopic (exact) mass is 354 g/mol. The largest absolute Gasteiger partial charge is 0.318 e. The molecule has 7 nitrogen and oxygen atoms in total. The van der Waals surface area contributed by atoms with Crippen molar-refractivity contribution < 1.29 is 4.79 Å². The lowest BCUT2D eigenvalue weighted by atomic mass is 10.2. The molecule has 4 rings (SSSR count). The van der Waals surface area contributed by atoms with Crippen LogP contribution in [0.25, 0.3) is 5.69 Å². The highest BCUT2D eigenvalue weighted by molar-refractivity contribution is 7.15. The number of carbonyl (C=O) groups is 1. The summed E-state index contributed by atoms with van der Waals surface area (Å²) in [5.41, 5.74) is 9.04. The smallest absolute Gasteiger partial charge is 0.271 e. The van der Waals surface area contributed by atoms with E-state index in [1.54, 1.807) is 12.4 Å². The van der Waals surface area contributed by atoms with Gasteiger partial charge in [0.05, 0.1) is 5.56 Å². The maximum Gasteiger partial charge on any atom is 0.271 e. The number of hydrogen-bond acceptors (Lipinski definition) is 6. The maximum absolute atomic E-state index is 12.5. The number of hydrogen-bond donors (Lipinski definition) is 2. The molecule has 128 valence electrons. The Balaban J connectivity index is 1.50. The highest BCUT2D eigenvalue weighted by atomic mass is 32.1. The first kappa shape index (κ1) is 15.8. The van der Waals surface area contributed by atoms with E-state index in [1.165, 1.54) is 24.2 Å². The Morgan fingerprint density at radius 2 is 2.00 bits per heavy atom. The van der Waals surface area contributed by atoms with Crippen molar-refractivity contribution in [3.05, 3.63) is 52.6 Å². The lowest BCUT2D eigenvalue weighted by molar-refractivity contribution is 0.0962. The van der Waals surface area contributed by atoms with Gasteiger partial charge >= 0.3 is 0 Å². The first-order valence-electron chi connectivity index (χ1n) is 8.12. The summed E-state index contributed by atoms with van der Waals surface area (Å²) < 4.78 is 2.03. The molecule has 0 aliphatic heterocycles. The second kappa shape index (κ2) is 6.29. The van der Waals surface area contributed by atoms with Crippen molar-refractivity contribution in [2.45, 2.75) is 32.6 Å². The Morgan fingerprint density at radius 3 is 2.72 bits per heavy atom. The van der Waals surface area contributed by atoms with Crippen LogP contribution in [-0.4, -0.2) is 25.7 Å². The highest BCUT2D eigenvalue weighted by Gasteiger charge is 2.27. The lowest BCUT2D eigenvalue weighted by Crippen LogP contribution is -2.29. The van der Waals surface area contributed by atoms with E-state index in [0.29, 0.717) is 16.6 Å². The molecular formula is C17H18N6OS. The van der Waals surface area contributed by atoms with Crippen LogP contribution in [0.5, 0.6) is 0 Å². The van der Waals surface area contributed by atoms with Crippen LogP contribution < -0.4 is 10.9 Å². The molecule has 25 heavy (non-hydrogen) atoms. The fourth-order valence-corrected chi connectivity index (χ4v) is 3.71. The third-order valence-corrected chi connectivity index (χ3v) is 5.25. The lowest BCUT2D eigenvalue weighted by Gasteiger charge is -2.09. The summed E-state index contributed by atoms with van der Waals surface area (Å²) in [6.45, 7) is 3.91. The van der Waals surface area contributed by atoms with E-state index in [4.69, 9.17) is 0 Å². The standard InChI is InChI=1S/C17H18N6OS/c1-10-9-14(11(2)23(10)13-5-7-18-8-6-13)15(24)19-21-17-22-20-16(25-17)12-3-4-12/h5-9,12H,3-4H2,1-2H3,(H,19,24)(H,21,22). The summed E-state index contributed by atoms with van der Waals surface area (Å²) in [4.78, 5) is 16.6. The number of nitrogens with one attached hydrogen (secondary N) is 2. The number of aromatic nitrogens is 4. The van der Waals surface area contributed by atoms with Crippen molar-refractivity contribution in [1.29, 1.82) is 0 Å². The Kier molecular flexibility index (Phi) is 3.96. The van der Waals surface area contributed by atoms with Gasteiger partial charge in [0.1, 0.15) is 5.01 Å². The van der Waals surface area contributed by atoms with Gasteiger partial charge in [-0.1, -0.05) is 11.3 Å². The molecule has 1 fully saturated rings. The second-order valence-corrected chi connectivity index (χ2v) is 7.13. The third kappa shape index (κ3) is 3.12. The molecular weight excluding hydrogens is 336 g/mol. The minimum absolute atomic E-state index is 0.198. The molecule has 1 saturated carbocycles. The van der Waals surface area contributed by atoms with Gasteiger partial charge in [0.2, 0.25) is 5.13 Å². The molecule has 0 radical (unpaired) electrons. The first-order chi connectivity index (χ1) is 12.1. The average molecular weight is 354 g/mol. The van der Waals surface area contributed by atoms with Crippen LogP contribution in [0.1, 0.15) is 45.5 Å². The van der Waals surface area contributed by atoms with Gasteiger partial charge in [0, 0.05) is 35.4 Å². The van der Waals surface area contributed by atoms with Crippen LogP contribution >= 0.6 is 11.3 Å². The molecule has 8 heteroatoms. The summed E-state index contributed by atoms with van der Waals surface area (Å²) in [5, 5.41) is 9.86. The molecule has 3 heterocycles. The minimum atomic E-state index is -0.198. The summed E-state index contributed by atoms with van der Waals surface area (Å²) in [5.74, 6) is 0.361. The van der Waals surface area contributed by atoms with Gasteiger partial charge in [-0.2, -0.15) is 0 Å². The molecule has 1 aliphatic rings. The number of amides is 1. The van der Waals surface area contributed by atoms with Crippen molar-refractivity contribution in [2.75, 3.05) is 5.43 Å². The van der Waals surface area contributed by atoms with Gasteiger partial charge in [-0.15, -0.1) is 10.2 Å². The van der Waals surface area contributed by atoms with E-state index >= 15 is 0 Å². The van der Waals surface area contributed by atoms with Crippen LogP contribution in [0.2, 0.25) is 0 Å². The van der Waals surface area contributed by atoms with Crippen molar-refractivity contribution in [3.8, 4) is 5.69 Å². The van der Waals surface area contributed by atoms with Gasteiger partial charge in [-0.3, -0.25) is 20.6 Å². The molecule has 1 aliphatic carbocycles. The molecule has 0 bridgehead atoms. The summed E-state index contributed by atoms with van der Waals surface area (Å²) >= 11 is 1.49. The van der Waals surface area contributed by atoms with Gasteiger partial charge in [0.25, 0.3) is 5.91 Å². The molecule has 0 saturated heterocycles. The van der Waals surface area contributed by atoms with Crippen LogP contribution in [0.4, 0.5) is 5.13 Å². The topological polar surface area (TPSA) is 84.7 Å². The van der Waals surface area contributed by atoms with E-state index in [9.17, 15) is 4.79 Å². The van der Waals surface area contributed by atoms with E-state index < -0.39 is 0 Å². The van der Waals surface area contributed by atoms with E-state index in [-0.39, 0.29) is 5.91 Å². The molecule has 1 amide bonds. The molecule has 0 aromatic carbocycles. The van der Waals surface area contributed by atoms with E-state index in [1.807, 2.05) is 36.6 Å². The van der Waals surface area contributed by atoms with Crippen LogP contribution in [0.15, 0.2) is 30.6 Å². The summed E-state index contributed by atoms with van der Waals surface area (Å²) in [6.07, 6.45) is 5.84. The number of anilines is 1. The summed E-state index contributed by atoms with van der Waals surface area (Å²) in [7, 11) is 0. The van der Waals surface area contributed by atoms with E-state index in [0.717, 1.165) is 22.1 Å². The van der Waals surface area contributed by atoms with Crippen molar-refractivity contribution in [2.24, 2.45) is 0 Å². The quantitative estimate of drug-likeness (QED) is 0.688. The van der Waals surface area contributed by atoms with Gasteiger partial charge in [-0.25, -0.2) is 0 Å². The SMILES string of the molecule is Cc1cc(C(=O)NNc2nnc(C3CC3)s2)c(C)n1-c1ccncc1. The molecule has 3 aromatic heterocycles. The first-order valence-corrected chi connectivity index (χ1v) is 8.94. The van der Waals surface area contributed by atoms with E-state index in [2.05, 4.69) is 26.0 Å². The third-order valence-electron chi connectivity index (χ3n) is 4.25. The highest BCUT2D eigenvalue weighted by Crippen LogP contribution is 2.41. The minimum Gasteiger partial charge on any atom is -0.318 e. The number of pyridine rings is 1. The average Bonchev–Trinajstić information content (AvgIpc) is 3.29. The predicted octanol–water partition coefficient (Wildman–Crippen LogP) is 2.97. The Morgan fingerprint density at radius 1 is 1.24 bits per heavy atom. The Labute approximate surface area is 149 Å². The van der Waals surface area contributed by atoms with Crippen molar-refractivity contribution in [1.82, 2.24) is 25.2 Å². The summed E-state index contributed by atoms with van der Waals surface area (Å²) in [6, 6.07) is 5.71. The number of nitrogens with zero attached hydrogens (tertiary/aromatic N) is 4. The zero-order valence-electron chi connectivity index (χ0n) is 14.0. The number of carbonyl (C=O) groups excluding carboxylic acids is 1. The Hall–Kier alpha value is -2.74. The predicted molar refractivity (Wildman–Crippen MR) is 96.0 cm³/mol. The molecule has 2 N–H and O–H groups in total. The molecule has 3 aromatic rings. The normalized spacial score (nSPS) is 13.7. The van der Waals surface area contributed by atoms with Crippen LogP contribution in [0, 0.1) is 13.8 Å². The van der Waals surface area contributed by atoms with Crippen molar-refractivity contribution >= 4 is 22.4 Å². The number of rotatable bonds is 5. The van der Waals surface area contributed by atoms with Gasteiger partial charge < -0.3 is 4.57 Å². The van der Waals surface area contributed by atoms with Crippen LogP contribution in [-0.2, 0) is 0 Å². The maximum atomic E-state index is 12.5. The Bertz CT molecular complexity index is 913. The number of hydrazine groups is 1. The zero-order chi connectivity index (χ0) is 17.4. The van der Waals surface area contributed by atoms with Gasteiger partial charge in [0.15, 0.2) is 0 Å². The number of aryl methyl sites for hydroxylation is 1. The zero-order valence-corrected chi connectivity index (χ0v) is 14.8. The molecule has 0 spiro atoms. The fraction of sp³-hybridized carbons (Fsp3) is 0.294.